The lowest BCUT2D eigenvalue weighted by molar-refractivity contribution is -0.199. The van der Waals surface area contributed by atoms with Crippen molar-refractivity contribution in [2.45, 2.75) is 117 Å². The lowest BCUT2D eigenvalue weighted by atomic mass is 9.43. The highest BCUT2D eigenvalue weighted by molar-refractivity contribution is 6.47. The molecule has 2 bridgehead atoms. The van der Waals surface area contributed by atoms with Gasteiger partial charge in [-0.15, -0.1) is 0 Å². The van der Waals surface area contributed by atoms with Gasteiger partial charge >= 0.3 is 13.2 Å². The minimum absolute atomic E-state index is 0.0123. The van der Waals surface area contributed by atoms with Gasteiger partial charge < -0.3 is 29.8 Å². The van der Waals surface area contributed by atoms with Crippen molar-refractivity contribution in [3.05, 3.63) is 0 Å². The van der Waals surface area contributed by atoms with E-state index in [2.05, 4.69) is 45.3 Å². The van der Waals surface area contributed by atoms with Gasteiger partial charge in [0.2, 0.25) is 5.91 Å². The van der Waals surface area contributed by atoms with Crippen LogP contribution in [0.3, 0.4) is 0 Å². The summed E-state index contributed by atoms with van der Waals surface area (Å²) in [6.45, 7) is 17.6. The average Bonchev–Trinajstić information content (AvgIpc) is 3.00. The normalized spacial score (nSPS) is 32.9. The molecule has 0 aromatic heterocycles. The van der Waals surface area contributed by atoms with Crippen LogP contribution in [0, 0.1) is 23.2 Å². The predicted molar refractivity (Wildman–Crippen MR) is 126 cm³/mol. The van der Waals surface area contributed by atoms with Crippen LogP contribution >= 0.6 is 0 Å². The summed E-state index contributed by atoms with van der Waals surface area (Å²) >= 11 is 0. The molecule has 4 fully saturated rings. The second-order valence-electron chi connectivity index (χ2n) is 12.4. The van der Waals surface area contributed by atoms with Crippen LogP contribution in [0.25, 0.3) is 0 Å². The number of aliphatic hydroxyl groups is 1. The van der Waals surface area contributed by atoms with Crippen LogP contribution in [0.4, 0.5) is 4.79 Å². The second-order valence-corrected chi connectivity index (χ2v) is 12.4. The Labute approximate surface area is 199 Å². The molecule has 33 heavy (non-hydrogen) atoms. The lowest BCUT2D eigenvalue weighted by Crippen LogP contribution is -2.65. The Morgan fingerprint density at radius 3 is 2.30 bits per heavy atom. The highest BCUT2D eigenvalue weighted by Gasteiger charge is 2.68. The van der Waals surface area contributed by atoms with Crippen LogP contribution in [0.1, 0.15) is 81.6 Å². The Morgan fingerprint density at radius 1 is 1.15 bits per heavy atom. The zero-order valence-electron chi connectivity index (χ0n) is 21.7. The van der Waals surface area contributed by atoms with Crippen LogP contribution in [0.2, 0.25) is 0 Å². The number of nitrogens with one attached hydrogen (secondary N) is 2. The maximum atomic E-state index is 13.2. The molecular weight excluding hydrogens is 423 g/mol. The van der Waals surface area contributed by atoms with Gasteiger partial charge in [0.25, 0.3) is 0 Å². The molecule has 7 atom stereocenters. The molecule has 2 amide bonds. The maximum Gasteiger partial charge on any atom is 0.481 e. The summed E-state index contributed by atoms with van der Waals surface area (Å²) in [6, 6.07) is -1.15. The first-order valence-corrected chi connectivity index (χ1v) is 12.4. The van der Waals surface area contributed by atoms with E-state index in [0.717, 1.165) is 12.8 Å². The number of carbonyl (C=O) groups excluding carboxylic acids is 2. The van der Waals surface area contributed by atoms with Crippen molar-refractivity contribution >= 4 is 19.1 Å². The number of hydrogen-bond donors (Lipinski definition) is 3. The topological polar surface area (TPSA) is 106 Å². The number of alkyl carbamates (subject to hydrolysis) is 1. The minimum Gasteiger partial charge on any atom is -0.444 e. The molecule has 0 aromatic carbocycles. The zero-order valence-corrected chi connectivity index (χ0v) is 21.7. The van der Waals surface area contributed by atoms with E-state index in [-0.39, 0.29) is 23.0 Å². The molecule has 4 aliphatic rings. The molecule has 0 aromatic rings. The van der Waals surface area contributed by atoms with E-state index in [9.17, 15) is 14.7 Å². The van der Waals surface area contributed by atoms with Gasteiger partial charge in [-0.3, -0.25) is 4.79 Å². The van der Waals surface area contributed by atoms with E-state index in [1.807, 2.05) is 0 Å². The van der Waals surface area contributed by atoms with Crippen molar-refractivity contribution in [2.24, 2.45) is 23.2 Å². The standard InChI is InChI=1S/C24H43BN2O6/c1-13(2)10-18(26-20(29)19(14(3)28)27-21(30)31-22(4,5)6)25-32-17-12-15-11-16(23(15,7)8)24(17,9)33-25/h13-19,28H,10-12H2,1-9H3,(H,26,29)(H,27,30)/t14-,15+,16+,17-,18+,19+,24+/m1/s1. The molecule has 4 rings (SSSR count). The van der Waals surface area contributed by atoms with Gasteiger partial charge in [0.1, 0.15) is 11.6 Å². The van der Waals surface area contributed by atoms with Gasteiger partial charge in [-0.25, -0.2) is 4.79 Å². The van der Waals surface area contributed by atoms with Crippen molar-refractivity contribution in [1.29, 1.82) is 0 Å². The maximum absolute atomic E-state index is 13.2. The fourth-order valence-corrected chi connectivity index (χ4v) is 5.93. The van der Waals surface area contributed by atoms with Crippen LogP contribution in [-0.4, -0.2) is 59.6 Å². The summed E-state index contributed by atoms with van der Waals surface area (Å²) in [7, 11) is -0.572. The van der Waals surface area contributed by atoms with Crippen LogP contribution in [0.5, 0.6) is 0 Å². The van der Waals surface area contributed by atoms with E-state index in [4.69, 9.17) is 14.0 Å². The average molecular weight is 466 g/mol. The first-order chi connectivity index (χ1) is 15.0. The molecule has 0 spiro atoms. The number of rotatable bonds is 7. The highest BCUT2D eigenvalue weighted by atomic mass is 16.7. The Bertz CT molecular complexity index is 752. The SMILES string of the molecule is CC(C)C[C@H](NC(=O)[C@@H](NC(=O)OC(C)(C)C)[C@@H](C)O)B1O[C@@H]2C[C@@H]3C[C@@H](C3(C)C)[C@]2(C)O1. The summed E-state index contributed by atoms with van der Waals surface area (Å²) in [5, 5.41) is 15.7. The number of hydrogen-bond acceptors (Lipinski definition) is 6. The number of amides is 2. The summed E-state index contributed by atoms with van der Waals surface area (Å²) in [5.41, 5.74) is -0.855. The molecule has 188 valence electrons. The number of aliphatic hydroxyl groups excluding tert-OH is 1. The highest BCUT2D eigenvalue weighted by Crippen LogP contribution is 2.65. The van der Waals surface area contributed by atoms with E-state index in [1.54, 1.807) is 20.8 Å². The summed E-state index contributed by atoms with van der Waals surface area (Å²) < 4.78 is 18.2. The second kappa shape index (κ2) is 9.04. The molecule has 8 nitrogen and oxygen atoms in total. The minimum atomic E-state index is -1.15. The molecule has 3 aliphatic carbocycles. The van der Waals surface area contributed by atoms with E-state index in [1.165, 1.54) is 6.92 Å². The monoisotopic (exact) mass is 466 g/mol. The molecule has 1 heterocycles. The van der Waals surface area contributed by atoms with Crippen molar-refractivity contribution in [1.82, 2.24) is 10.6 Å². The van der Waals surface area contributed by atoms with Gasteiger partial charge in [0, 0.05) is 0 Å². The third kappa shape index (κ3) is 5.35. The third-order valence-corrected chi connectivity index (χ3v) is 7.79. The summed E-state index contributed by atoms with van der Waals surface area (Å²) in [6.07, 6.45) is 0.929. The fraction of sp³-hybridized carbons (Fsp3) is 0.917. The van der Waals surface area contributed by atoms with Crippen LogP contribution < -0.4 is 10.6 Å². The van der Waals surface area contributed by atoms with E-state index < -0.39 is 42.8 Å². The summed E-state index contributed by atoms with van der Waals surface area (Å²) in [4.78, 5) is 25.4. The first-order valence-electron chi connectivity index (χ1n) is 12.4. The van der Waals surface area contributed by atoms with Gasteiger partial charge in [0.15, 0.2) is 0 Å². The molecule has 1 aliphatic heterocycles. The van der Waals surface area contributed by atoms with Gasteiger partial charge in [-0.2, -0.15) is 0 Å². The first kappa shape index (κ1) is 26.3. The Kier molecular flexibility index (Phi) is 7.20. The van der Waals surface area contributed by atoms with Gasteiger partial charge in [0.05, 0.1) is 23.8 Å². The van der Waals surface area contributed by atoms with Crippen molar-refractivity contribution in [3.8, 4) is 0 Å². The molecule has 0 radical (unpaired) electrons. The molecule has 9 heteroatoms. The predicted octanol–water partition coefficient (Wildman–Crippen LogP) is 3.06. The van der Waals surface area contributed by atoms with Crippen LogP contribution in [-0.2, 0) is 18.8 Å². The van der Waals surface area contributed by atoms with Crippen LogP contribution in [0.15, 0.2) is 0 Å². The summed E-state index contributed by atoms with van der Waals surface area (Å²) in [5.74, 6) is 0.457. The molecule has 3 N–H and O–H groups in total. The van der Waals surface area contributed by atoms with Crippen molar-refractivity contribution < 1.29 is 28.7 Å². The number of ether oxygens (including phenoxy) is 1. The zero-order chi connectivity index (χ0) is 24.9. The fourth-order valence-electron chi connectivity index (χ4n) is 5.93. The Hall–Kier alpha value is -1.32. The van der Waals surface area contributed by atoms with Gasteiger partial charge in [-0.05, 0) is 77.0 Å². The molecule has 0 unspecified atom stereocenters. The smallest absolute Gasteiger partial charge is 0.444 e. The van der Waals surface area contributed by atoms with E-state index in [0.29, 0.717) is 18.3 Å². The van der Waals surface area contributed by atoms with Gasteiger partial charge in [-0.1, -0.05) is 27.7 Å². The van der Waals surface area contributed by atoms with Crippen molar-refractivity contribution in [3.63, 3.8) is 0 Å². The Balaban J connectivity index is 1.71. The largest absolute Gasteiger partial charge is 0.481 e. The van der Waals surface area contributed by atoms with Crippen molar-refractivity contribution in [2.75, 3.05) is 0 Å². The third-order valence-electron chi connectivity index (χ3n) is 7.79. The quantitative estimate of drug-likeness (QED) is 0.498. The lowest BCUT2D eigenvalue weighted by Gasteiger charge is -2.64. The number of carbonyl (C=O) groups is 2. The molecule has 1 saturated heterocycles. The van der Waals surface area contributed by atoms with E-state index >= 15 is 0 Å². The molecule has 3 saturated carbocycles. The Morgan fingerprint density at radius 2 is 1.79 bits per heavy atom. The molecular formula is C24H43BN2O6.